The van der Waals surface area contributed by atoms with Gasteiger partial charge in [0.25, 0.3) is 5.91 Å². The van der Waals surface area contributed by atoms with E-state index >= 15 is 0 Å². The number of nitrogens with zero attached hydrogens (tertiary/aromatic N) is 1. The Morgan fingerprint density at radius 3 is 2.39 bits per heavy atom. The van der Waals surface area contributed by atoms with Crippen molar-refractivity contribution in [1.82, 2.24) is 10.2 Å². The molecule has 4 nitrogen and oxygen atoms in total. The molecule has 3 rings (SSSR count). The third kappa shape index (κ3) is 2.80. The van der Waals surface area contributed by atoms with Gasteiger partial charge in [0.05, 0.1) is 12.1 Å². The number of carbonyl (C=O) groups is 2. The van der Waals surface area contributed by atoms with Crippen LogP contribution in [0.4, 0.5) is 18.0 Å². The fraction of sp³-hybridized carbons (Fsp3) is 0.500. The van der Waals surface area contributed by atoms with Crippen LogP contribution in [0.5, 0.6) is 0 Å². The van der Waals surface area contributed by atoms with Gasteiger partial charge in [0.1, 0.15) is 5.54 Å². The Labute approximate surface area is 131 Å². The summed E-state index contributed by atoms with van der Waals surface area (Å²) >= 11 is 0. The average Bonchev–Trinajstić information content (AvgIpc) is 2.72. The van der Waals surface area contributed by atoms with Crippen molar-refractivity contribution in [2.45, 2.75) is 50.4 Å². The van der Waals surface area contributed by atoms with Crippen LogP contribution in [-0.4, -0.2) is 22.4 Å². The van der Waals surface area contributed by atoms with Crippen molar-refractivity contribution in [2.24, 2.45) is 0 Å². The van der Waals surface area contributed by atoms with Crippen LogP contribution in [0.1, 0.15) is 43.2 Å². The summed E-state index contributed by atoms with van der Waals surface area (Å²) in [6.45, 7) is -0.359. The van der Waals surface area contributed by atoms with Crippen LogP contribution in [0.25, 0.3) is 0 Å². The summed E-state index contributed by atoms with van der Waals surface area (Å²) in [6.07, 6.45) is -0.748. The van der Waals surface area contributed by atoms with Gasteiger partial charge < -0.3 is 5.32 Å². The first-order valence-electron chi connectivity index (χ1n) is 7.63. The smallest absolute Gasteiger partial charge is 0.323 e. The Morgan fingerprint density at radius 2 is 1.74 bits per heavy atom. The van der Waals surface area contributed by atoms with E-state index in [0.29, 0.717) is 12.8 Å². The quantitative estimate of drug-likeness (QED) is 0.846. The Balaban J connectivity index is 1.87. The Bertz CT molecular complexity index is 636. The van der Waals surface area contributed by atoms with E-state index in [2.05, 4.69) is 5.32 Å². The van der Waals surface area contributed by atoms with Crippen molar-refractivity contribution >= 4 is 11.9 Å². The van der Waals surface area contributed by atoms with E-state index in [1.54, 1.807) is 0 Å². The number of benzene rings is 1. The molecule has 1 saturated heterocycles. The summed E-state index contributed by atoms with van der Waals surface area (Å²) in [5, 5.41) is 2.70. The molecular formula is C16H17F3N2O2. The summed E-state index contributed by atoms with van der Waals surface area (Å²) in [7, 11) is 0. The first kappa shape index (κ1) is 15.8. The summed E-state index contributed by atoms with van der Waals surface area (Å²) in [4.78, 5) is 25.7. The molecule has 1 aliphatic heterocycles. The molecule has 0 radical (unpaired) electrons. The van der Waals surface area contributed by atoms with Gasteiger partial charge in [0.2, 0.25) is 0 Å². The van der Waals surface area contributed by atoms with E-state index in [4.69, 9.17) is 0 Å². The number of hydrogen-bond donors (Lipinski definition) is 1. The number of rotatable bonds is 2. The fourth-order valence-electron chi connectivity index (χ4n) is 3.42. The predicted octanol–water partition coefficient (Wildman–Crippen LogP) is 3.46. The number of halogens is 3. The third-order valence-electron chi connectivity index (χ3n) is 4.60. The molecule has 1 aliphatic carbocycles. The van der Waals surface area contributed by atoms with E-state index in [0.717, 1.165) is 30.2 Å². The predicted molar refractivity (Wildman–Crippen MR) is 76.3 cm³/mol. The summed E-state index contributed by atoms with van der Waals surface area (Å²) in [6, 6.07) is 4.42. The van der Waals surface area contributed by atoms with Crippen LogP contribution in [0.3, 0.4) is 0 Å². The zero-order valence-electron chi connectivity index (χ0n) is 12.4. The van der Waals surface area contributed by atoms with Crippen molar-refractivity contribution in [3.8, 4) is 0 Å². The third-order valence-corrected chi connectivity index (χ3v) is 4.60. The molecule has 0 aromatic heterocycles. The van der Waals surface area contributed by atoms with Crippen LogP contribution in [0.15, 0.2) is 24.3 Å². The van der Waals surface area contributed by atoms with Crippen molar-refractivity contribution in [1.29, 1.82) is 0 Å². The molecule has 0 atom stereocenters. The summed E-state index contributed by atoms with van der Waals surface area (Å²) < 4.78 is 39.2. The minimum Gasteiger partial charge on any atom is -0.323 e. The van der Waals surface area contributed by atoms with Gasteiger partial charge in [-0.05, 0) is 24.5 Å². The highest BCUT2D eigenvalue weighted by molar-refractivity contribution is 6.07. The number of alkyl halides is 3. The minimum atomic E-state index is -4.52. The van der Waals surface area contributed by atoms with Crippen molar-refractivity contribution < 1.29 is 22.8 Å². The van der Waals surface area contributed by atoms with Gasteiger partial charge in [-0.25, -0.2) is 4.79 Å². The molecule has 1 N–H and O–H groups in total. The van der Waals surface area contributed by atoms with Gasteiger partial charge in [-0.1, -0.05) is 37.5 Å². The second-order valence-corrected chi connectivity index (χ2v) is 6.12. The molecule has 1 spiro atoms. The number of hydrogen-bond acceptors (Lipinski definition) is 2. The van der Waals surface area contributed by atoms with Crippen molar-refractivity contribution in [3.63, 3.8) is 0 Å². The highest BCUT2D eigenvalue weighted by atomic mass is 19.4. The van der Waals surface area contributed by atoms with Gasteiger partial charge in [0.15, 0.2) is 0 Å². The van der Waals surface area contributed by atoms with Gasteiger partial charge in [0, 0.05) is 0 Å². The van der Waals surface area contributed by atoms with Crippen LogP contribution < -0.4 is 5.32 Å². The summed E-state index contributed by atoms with van der Waals surface area (Å²) in [5.41, 5.74) is -1.80. The number of imide groups is 1. The number of amides is 3. The normalized spacial score (nSPS) is 20.9. The minimum absolute atomic E-state index is 0.0728. The topological polar surface area (TPSA) is 49.4 Å². The largest absolute Gasteiger partial charge is 0.416 e. The second kappa shape index (κ2) is 5.54. The van der Waals surface area contributed by atoms with Gasteiger partial charge in [-0.15, -0.1) is 0 Å². The maximum atomic E-state index is 13.1. The van der Waals surface area contributed by atoms with E-state index in [1.165, 1.54) is 18.2 Å². The van der Waals surface area contributed by atoms with Gasteiger partial charge >= 0.3 is 12.2 Å². The molecule has 1 saturated carbocycles. The lowest BCUT2D eigenvalue weighted by molar-refractivity contribution is -0.139. The standard InChI is InChI=1S/C16H17F3N2O2/c17-16(18,19)12-7-3-2-6-11(12)10-21-13(22)15(20-14(21)23)8-4-1-5-9-15/h2-3,6-7H,1,4-5,8-10H2,(H,20,23). The Hall–Kier alpha value is -2.05. The molecule has 23 heavy (non-hydrogen) atoms. The van der Waals surface area contributed by atoms with Crippen molar-refractivity contribution in [3.05, 3.63) is 35.4 Å². The lowest BCUT2D eigenvalue weighted by Crippen LogP contribution is -2.48. The molecule has 1 aromatic carbocycles. The molecule has 0 bridgehead atoms. The zero-order chi connectivity index (χ0) is 16.7. The van der Waals surface area contributed by atoms with E-state index in [-0.39, 0.29) is 12.1 Å². The van der Waals surface area contributed by atoms with E-state index in [1.807, 2.05) is 0 Å². The SMILES string of the molecule is O=C1NC2(CCCCC2)C(=O)N1Cc1ccccc1C(F)(F)F. The van der Waals surface area contributed by atoms with Crippen LogP contribution in [0, 0.1) is 0 Å². The lowest BCUT2D eigenvalue weighted by atomic mass is 9.81. The highest BCUT2D eigenvalue weighted by Gasteiger charge is 2.51. The Morgan fingerprint density at radius 1 is 1.09 bits per heavy atom. The average molecular weight is 326 g/mol. The maximum absolute atomic E-state index is 13.1. The number of carbonyl (C=O) groups excluding carboxylic acids is 2. The van der Waals surface area contributed by atoms with Crippen molar-refractivity contribution in [2.75, 3.05) is 0 Å². The maximum Gasteiger partial charge on any atom is 0.416 e. The lowest BCUT2D eigenvalue weighted by Gasteiger charge is -2.30. The fourth-order valence-corrected chi connectivity index (χ4v) is 3.42. The highest BCUT2D eigenvalue weighted by Crippen LogP contribution is 2.36. The Kier molecular flexibility index (Phi) is 3.82. The molecule has 124 valence electrons. The molecule has 2 fully saturated rings. The van der Waals surface area contributed by atoms with Crippen LogP contribution >= 0.6 is 0 Å². The first-order chi connectivity index (χ1) is 10.8. The molecule has 1 heterocycles. The monoisotopic (exact) mass is 326 g/mol. The molecule has 3 amide bonds. The summed E-state index contributed by atoms with van der Waals surface area (Å²) in [5.74, 6) is -0.404. The molecule has 1 aromatic rings. The number of nitrogens with one attached hydrogen (secondary N) is 1. The van der Waals surface area contributed by atoms with Gasteiger partial charge in [-0.2, -0.15) is 13.2 Å². The molecular weight excluding hydrogens is 309 g/mol. The first-order valence-corrected chi connectivity index (χ1v) is 7.63. The zero-order valence-corrected chi connectivity index (χ0v) is 12.4. The van der Waals surface area contributed by atoms with E-state index < -0.39 is 29.2 Å². The second-order valence-electron chi connectivity index (χ2n) is 6.12. The van der Waals surface area contributed by atoms with Gasteiger partial charge in [-0.3, -0.25) is 9.69 Å². The van der Waals surface area contributed by atoms with Crippen LogP contribution in [-0.2, 0) is 17.5 Å². The molecule has 0 unspecified atom stereocenters. The number of urea groups is 1. The van der Waals surface area contributed by atoms with E-state index in [9.17, 15) is 22.8 Å². The van der Waals surface area contributed by atoms with Crippen LogP contribution in [0.2, 0.25) is 0 Å². The molecule has 7 heteroatoms. The molecule has 2 aliphatic rings.